The van der Waals surface area contributed by atoms with Crippen LogP contribution in [0, 0.1) is 5.82 Å². The highest BCUT2D eigenvalue weighted by molar-refractivity contribution is 5.78. The number of halogens is 1. The van der Waals surface area contributed by atoms with E-state index in [1.54, 1.807) is 6.07 Å². The molecule has 0 aliphatic heterocycles. The quantitative estimate of drug-likeness (QED) is 0.833. The van der Waals surface area contributed by atoms with E-state index in [9.17, 15) is 9.18 Å². The van der Waals surface area contributed by atoms with Crippen molar-refractivity contribution in [2.45, 2.75) is 46.2 Å². The Morgan fingerprint density at radius 2 is 2.05 bits per heavy atom. The lowest BCUT2D eigenvalue weighted by atomic mass is 10.0. The monoisotopic (exact) mass is 280 g/mol. The van der Waals surface area contributed by atoms with Crippen LogP contribution in [-0.2, 0) is 11.3 Å². The number of carbonyl (C=O) groups excluding carboxylic acids is 1. The fourth-order valence-corrected chi connectivity index (χ4v) is 1.88. The summed E-state index contributed by atoms with van der Waals surface area (Å²) in [7, 11) is 0. The van der Waals surface area contributed by atoms with E-state index >= 15 is 0 Å². The van der Waals surface area contributed by atoms with Crippen LogP contribution in [0.25, 0.3) is 0 Å². The summed E-state index contributed by atoms with van der Waals surface area (Å²) in [5, 5.41) is 3.01. The van der Waals surface area contributed by atoms with E-state index in [0.29, 0.717) is 13.1 Å². The molecule has 0 bridgehead atoms. The van der Waals surface area contributed by atoms with Gasteiger partial charge in [-0.05, 0) is 44.5 Å². The van der Waals surface area contributed by atoms with Crippen molar-refractivity contribution in [2.75, 3.05) is 13.1 Å². The number of carbonyl (C=O) groups is 1. The number of hydrogen-bond donors (Lipinski definition) is 1. The Bertz CT molecular complexity index is 446. The van der Waals surface area contributed by atoms with Crippen molar-refractivity contribution in [3.05, 3.63) is 35.6 Å². The molecular formula is C16H25FN2O. The molecule has 112 valence electrons. The van der Waals surface area contributed by atoms with Gasteiger partial charge in [-0.3, -0.25) is 9.69 Å². The SMILES string of the molecule is CCN(CC(=O)NC(C)(C)CC)Cc1cccc(F)c1. The molecule has 20 heavy (non-hydrogen) atoms. The van der Waals surface area contributed by atoms with Crippen LogP contribution in [0.3, 0.4) is 0 Å². The molecule has 4 heteroatoms. The van der Waals surface area contributed by atoms with Crippen molar-refractivity contribution < 1.29 is 9.18 Å². The zero-order valence-electron chi connectivity index (χ0n) is 12.9. The lowest BCUT2D eigenvalue weighted by Gasteiger charge is -2.27. The van der Waals surface area contributed by atoms with Gasteiger partial charge in [0.25, 0.3) is 0 Å². The van der Waals surface area contributed by atoms with Crippen LogP contribution in [0.5, 0.6) is 0 Å². The zero-order valence-corrected chi connectivity index (χ0v) is 12.9. The fourth-order valence-electron chi connectivity index (χ4n) is 1.88. The number of nitrogens with one attached hydrogen (secondary N) is 1. The Hall–Kier alpha value is -1.42. The highest BCUT2D eigenvalue weighted by atomic mass is 19.1. The minimum atomic E-state index is -0.241. The molecule has 0 fully saturated rings. The van der Waals surface area contributed by atoms with Gasteiger partial charge in [-0.15, -0.1) is 0 Å². The highest BCUT2D eigenvalue weighted by Crippen LogP contribution is 2.09. The van der Waals surface area contributed by atoms with Gasteiger partial charge in [-0.2, -0.15) is 0 Å². The van der Waals surface area contributed by atoms with Gasteiger partial charge in [0.2, 0.25) is 5.91 Å². The normalized spacial score (nSPS) is 11.7. The summed E-state index contributed by atoms with van der Waals surface area (Å²) in [6.45, 7) is 9.71. The number of nitrogens with zero attached hydrogens (tertiary/aromatic N) is 1. The van der Waals surface area contributed by atoms with Crippen LogP contribution in [0.15, 0.2) is 24.3 Å². The first-order valence-electron chi connectivity index (χ1n) is 7.14. The molecule has 0 aromatic heterocycles. The van der Waals surface area contributed by atoms with E-state index in [1.807, 2.05) is 38.7 Å². The molecule has 0 spiro atoms. The molecule has 0 saturated heterocycles. The first-order chi connectivity index (χ1) is 9.36. The number of likely N-dealkylation sites (N-methyl/N-ethyl adjacent to an activating group) is 1. The maximum atomic E-state index is 13.2. The molecule has 0 radical (unpaired) electrons. The molecule has 1 aromatic rings. The molecule has 1 amide bonds. The van der Waals surface area contributed by atoms with E-state index in [2.05, 4.69) is 5.32 Å². The molecule has 0 atom stereocenters. The van der Waals surface area contributed by atoms with Crippen molar-refractivity contribution in [3.8, 4) is 0 Å². The summed E-state index contributed by atoms with van der Waals surface area (Å²) < 4.78 is 13.2. The molecular weight excluding hydrogens is 255 g/mol. The van der Waals surface area contributed by atoms with Crippen molar-refractivity contribution in [3.63, 3.8) is 0 Å². The second kappa shape index (κ2) is 7.39. The molecule has 1 aromatic carbocycles. The molecule has 0 heterocycles. The number of amides is 1. The second-order valence-electron chi connectivity index (χ2n) is 5.72. The number of benzene rings is 1. The van der Waals surface area contributed by atoms with Crippen molar-refractivity contribution >= 4 is 5.91 Å². The zero-order chi connectivity index (χ0) is 15.2. The average Bonchev–Trinajstić information content (AvgIpc) is 2.37. The summed E-state index contributed by atoms with van der Waals surface area (Å²) in [4.78, 5) is 14.0. The Morgan fingerprint density at radius 1 is 1.35 bits per heavy atom. The first-order valence-corrected chi connectivity index (χ1v) is 7.14. The predicted octanol–water partition coefficient (Wildman–Crippen LogP) is 2.95. The molecule has 1 rings (SSSR count). The Balaban J connectivity index is 2.57. The van der Waals surface area contributed by atoms with E-state index in [-0.39, 0.29) is 17.3 Å². The van der Waals surface area contributed by atoms with Crippen LogP contribution in [-0.4, -0.2) is 29.4 Å². The number of rotatable bonds is 7. The summed E-state index contributed by atoms with van der Waals surface area (Å²) >= 11 is 0. The minimum Gasteiger partial charge on any atom is -0.350 e. The maximum Gasteiger partial charge on any atom is 0.234 e. The average molecular weight is 280 g/mol. The van der Waals surface area contributed by atoms with Crippen molar-refractivity contribution in [2.24, 2.45) is 0 Å². The van der Waals surface area contributed by atoms with Gasteiger partial charge >= 0.3 is 0 Å². The Morgan fingerprint density at radius 3 is 2.60 bits per heavy atom. The van der Waals surface area contributed by atoms with Gasteiger partial charge in [-0.1, -0.05) is 26.0 Å². The topological polar surface area (TPSA) is 32.3 Å². The first kappa shape index (κ1) is 16.6. The van der Waals surface area contributed by atoms with Gasteiger partial charge in [0.15, 0.2) is 0 Å². The minimum absolute atomic E-state index is 0.00935. The molecule has 0 saturated carbocycles. The largest absolute Gasteiger partial charge is 0.350 e. The third kappa shape index (κ3) is 5.70. The standard InChI is InChI=1S/C16H25FN2O/c1-5-16(3,4)18-15(20)12-19(6-2)11-13-8-7-9-14(17)10-13/h7-10H,5-6,11-12H2,1-4H3,(H,18,20). The van der Waals surface area contributed by atoms with E-state index in [4.69, 9.17) is 0 Å². The third-order valence-electron chi connectivity index (χ3n) is 3.47. The van der Waals surface area contributed by atoms with E-state index in [0.717, 1.165) is 18.5 Å². The van der Waals surface area contributed by atoms with E-state index < -0.39 is 0 Å². The summed E-state index contributed by atoms with van der Waals surface area (Å²) in [6, 6.07) is 6.51. The Labute approximate surface area is 121 Å². The fraction of sp³-hybridized carbons (Fsp3) is 0.562. The summed E-state index contributed by atoms with van der Waals surface area (Å²) in [5.74, 6) is -0.231. The molecule has 3 nitrogen and oxygen atoms in total. The lowest BCUT2D eigenvalue weighted by Crippen LogP contribution is -2.47. The van der Waals surface area contributed by atoms with Crippen LogP contribution in [0.4, 0.5) is 4.39 Å². The van der Waals surface area contributed by atoms with Crippen LogP contribution in [0.1, 0.15) is 39.7 Å². The van der Waals surface area contributed by atoms with Crippen LogP contribution in [0.2, 0.25) is 0 Å². The Kier molecular flexibility index (Phi) is 6.14. The molecule has 0 aliphatic carbocycles. The lowest BCUT2D eigenvalue weighted by molar-refractivity contribution is -0.124. The van der Waals surface area contributed by atoms with Crippen LogP contribution >= 0.6 is 0 Å². The van der Waals surface area contributed by atoms with Gasteiger partial charge in [0, 0.05) is 12.1 Å². The maximum absolute atomic E-state index is 13.2. The van der Waals surface area contributed by atoms with Gasteiger partial charge in [0.1, 0.15) is 5.82 Å². The van der Waals surface area contributed by atoms with Crippen LogP contribution < -0.4 is 5.32 Å². The molecule has 1 N–H and O–H groups in total. The summed E-state index contributed by atoms with van der Waals surface area (Å²) in [6.07, 6.45) is 0.884. The molecule has 0 unspecified atom stereocenters. The van der Waals surface area contributed by atoms with Gasteiger partial charge in [-0.25, -0.2) is 4.39 Å². The van der Waals surface area contributed by atoms with Crippen molar-refractivity contribution in [1.82, 2.24) is 10.2 Å². The smallest absolute Gasteiger partial charge is 0.234 e. The summed E-state index contributed by atoms with van der Waals surface area (Å²) in [5.41, 5.74) is 0.699. The third-order valence-corrected chi connectivity index (χ3v) is 3.47. The predicted molar refractivity (Wildman–Crippen MR) is 79.9 cm³/mol. The van der Waals surface area contributed by atoms with Gasteiger partial charge < -0.3 is 5.32 Å². The highest BCUT2D eigenvalue weighted by Gasteiger charge is 2.19. The van der Waals surface area contributed by atoms with Crippen molar-refractivity contribution in [1.29, 1.82) is 0 Å². The number of hydrogen-bond acceptors (Lipinski definition) is 2. The van der Waals surface area contributed by atoms with Gasteiger partial charge in [0.05, 0.1) is 6.54 Å². The van der Waals surface area contributed by atoms with E-state index in [1.165, 1.54) is 12.1 Å². The second-order valence-corrected chi connectivity index (χ2v) is 5.72. The molecule has 0 aliphatic rings.